The van der Waals surface area contributed by atoms with Crippen LogP contribution < -0.4 is 0 Å². The molecule has 0 amide bonds. The van der Waals surface area contributed by atoms with E-state index >= 15 is 0 Å². The summed E-state index contributed by atoms with van der Waals surface area (Å²) >= 11 is 1.60. The summed E-state index contributed by atoms with van der Waals surface area (Å²) in [5.41, 5.74) is -0.254. The van der Waals surface area contributed by atoms with Crippen molar-refractivity contribution in [1.82, 2.24) is 0 Å². The molecule has 0 saturated heterocycles. The van der Waals surface area contributed by atoms with E-state index in [2.05, 4.69) is 13.8 Å². The number of carboxylic acid groups (broad SMARTS) is 1. The minimum absolute atomic E-state index is 0.254. The molecule has 0 aliphatic heterocycles. The van der Waals surface area contributed by atoms with Crippen LogP contribution in [-0.4, -0.2) is 16.3 Å². The van der Waals surface area contributed by atoms with Crippen LogP contribution in [0.1, 0.15) is 37.0 Å². The molecule has 88 valence electrons. The van der Waals surface area contributed by atoms with Crippen LogP contribution in [0.5, 0.6) is 0 Å². The van der Waals surface area contributed by atoms with Crippen molar-refractivity contribution in [2.24, 2.45) is 0 Å². The molecule has 0 heterocycles. The smallest absolute Gasteiger partial charge is 0.338 e. The molecule has 0 fully saturated rings. The molecule has 0 saturated carbocycles. The molecule has 1 rings (SSSR count). The van der Waals surface area contributed by atoms with Crippen molar-refractivity contribution < 1.29 is 14.3 Å². The highest BCUT2D eigenvalue weighted by Gasteiger charge is 2.12. The average molecular weight is 242 g/mol. The lowest BCUT2D eigenvalue weighted by molar-refractivity contribution is 0.0691. The SMILES string of the molecule is CCC(CC)Sc1ccc(F)c(C(=O)O)c1. The van der Waals surface area contributed by atoms with Crippen molar-refractivity contribution in [2.45, 2.75) is 36.8 Å². The van der Waals surface area contributed by atoms with Crippen LogP contribution in [-0.2, 0) is 0 Å². The molecule has 0 atom stereocenters. The van der Waals surface area contributed by atoms with Crippen LogP contribution in [0, 0.1) is 5.82 Å². The Morgan fingerprint density at radius 1 is 1.44 bits per heavy atom. The summed E-state index contributed by atoms with van der Waals surface area (Å²) in [5, 5.41) is 9.24. The molecule has 2 nitrogen and oxygen atoms in total. The number of carbonyl (C=O) groups is 1. The standard InChI is InChI=1S/C12H15FO2S/c1-3-8(4-2)16-9-5-6-11(13)10(7-9)12(14)15/h5-8H,3-4H2,1-2H3,(H,14,15). The summed E-state index contributed by atoms with van der Waals surface area (Å²) in [7, 11) is 0. The van der Waals surface area contributed by atoms with Gasteiger partial charge in [-0.2, -0.15) is 0 Å². The summed E-state index contributed by atoms with van der Waals surface area (Å²) in [6.07, 6.45) is 2.03. The Morgan fingerprint density at radius 3 is 2.56 bits per heavy atom. The molecular weight excluding hydrogens is 227 g/mol. The molecule has 0 unspecified atom stereocenters. The minimum atomic E-state index is -1.22. The van der Waals surface area contributed by atoms with Crippen LogP contribution in [0.4, 0.5) is 4.39 Å². The third-order valence-corrected chi connectivity index (χ3v) is 3.91. The van der Waals surface area contributed by atoms with Gasteiger partial charge in [0.05, 0.1) is 5.56 Å². The summed E-state index contributed by atoms with van der Waals surface area (Å²) in [5.74, 6) is -1.90. The van der Waals surface area contributed by atoms with Gasteiger partial charge < -0.3 is 5.11 Å². The number of carboxylic acids is 1. The van der Waals surface area contributed by atoms with Crippen LogP contribution in [0.15, 0.2) is 23.1 Å². The summed E-state index contributed by atoms with van der Waals surface area (Å²) in [6.45, 7) is 4.17. The first kappa shape index (κ1) is 13.0. The quantitative estimate of drug-likeness (QED) is 0.798. The van der Waals surface area contributed by atoms with Crippen molar-refractivity contribution in [3.8, 4) is 0 Å². The molecule has 1 aromatic carbocycles. The van der Waals surface area contributed by atoms with E-state index in [4.69, 9.17) is 5.11 Å². The number of benzene rings is 1. The zero-order valence-corrected chi connectivity index (χ0v) is 10.2. The van der Waals surface area contributed by atoms with Crippen molar-refractivity contribution in [3.63, 3.8) is 0 Å². The predicted octanol–water partition coefficient (Wildman–Crippen LogP) is 3.80. The van der Waals surface area contributed by atoms with E-state index < -0.39 is 11.8 Å². The molecule has 16 heavy (non-hydrogen) atoms. The third kappa shape index (κ3) is 3.23. The lowest BCUT2D eigenvalue weighted by Gasteiger charge is -2.12. The van der Waals surface area contributed by atoms with Gasteiger partial charge in [0, 0.05) is 10.1 Å². The van der Waals surface area contributed by atoms with Crippen LogP contribution in [0.3, 0.4) is 0 Å². The zero-order valence-electron chi connectivity index (χ0n) is 9.37. The fourth-order valence-corrected chi connectivity index (χ4v) is 2.44. The van der Waals surface area contributed by atoms with E-state index in [0.717, 1.165) is 17.7 Å². The van der Waals surface area contributed by atoms with Gasteiger partial charge in [-0.3, -0.25) is 0 Å². The Labute approximate surface area is 98.9 Å². The number of rotatable bonds is 5. The largest absolute Gasteiger partial charge is 0.478 e. The first-order valence-electron chi connectivity index (χ1n) is 5.28. The molecule has 0 aromatic heterocycles. The number of hydrogen-bond donors (Lipinski definition) is 1. The molecule has 0 spiro atoms. The third-order valence-electron chi connectivity index (χ3n) is 2.38. The van der Waals surface area contributed by atoms with Crippen LogP contribution in [0.2, 0.25) is 0 Å². The van der Waals surface area contributed by atoms with Gasteiger partial charge in [0.1, 0.15) is 5.82 Å². The van der Waals surface area contributed by atoms with E-state index in [1.54, 1.807) is 17.8 Å². The first-order chi connectivity index (χ1) is 7.58. The maximum absolute atomic E-state index is 13.1. The number of aromatic carboxylic acids is 1. The van der Waals surface area contributed by atoms with E-state index in [0.29, 0.717) is 5.25 Å². The van der Waals surface area contributed by atoms with Gasteiger partial charge in [-0.05, 0) is 31.0 Å². The van der Waals surface area contributed by atoms with Crippen molar-refractivity contribution in [2.75, 3.05) is 0 Å². The molecule has 1 N–H and O–H groups in total. The Kier molecular flexibility index (Phi) is 4.80. The van der Waals surface area contributed by atoms with Crippen molar-refractivity contribution in [1.29, 1.82) is 0 Å². The summed E-state index contributed by atoms with van der Waals surface area (Å²) in [4.78, 5) is 11.6. The highest BCUT2D eigenvalue weighted by Crippen LogP contribution is 2.28. The predicted molar refractivity (Wildman–Crippen MR) is 63.6 cm³/mol. The molecule has 1 aromatic rings. The molecule has 0 radical (unpaired) electrons. The molecule has 0 aliphatic carbocycles. The molecular formula is C12H15FO2S. The molecule has 0 aliphatic rings. The van der Waals surface area contributed by atoms with Gasteiger partial charge in [-0.1, -0.05) is 13.8 Å². The maximum Gasteiger partial charge on any atom is 0.338 e. The normalized spacial score (nSPS) is 10.8. The molecule has 4 heteroatoms. The van der Waals surface area contributed by atoms with Gasteiger partial charge in [0.15, 0.2) is 0 Å². The van der Waals surface area contributed by atoms with Gasteiger partial charge in [-0.15, -0.1) is 11.8 Å². The maximum atomic E-state index is 13.1. The van der Waals surface area contributed by atoms with Gasteiger partial charge in [0.25, 0.3) is 0 Å². The van der Waals surface area contributed by atoms with E-state index in [9.17, 15) is 9.18 Å². The van der Waals surface area contributed by atoms with E-state index in [-0.39, 0.29) is 5.56 Å². The number of thioether (sulfide) groups is 1. The van der Waals surface area contributed by atoms with Gasteiger partial charge in [0.2, 0.25) is 0 Å². The fourth-order valence-electron chi connectivity index (χ4n) is 1.39. The Bertz CT molecular complexity index is 375. The van der Waals surface area contributed by atoms with E-state index in [1.165, 1.54) is 12.1 Å². The monoisotopic (exact) mass is 242 g/mol. The first-order valence-corrected chi connectivity index (χ1v) is 6.15. The van der Waals surface area contributed by atoms with Gasteiger partial charge in [-0.25, -0.2) is 9.18 Å². The van der Waals surface area contributed by atoms with Crippen LogP contribution in [0.25, 0.3) is 0 Å². The van der Waals surface area contributed by atoms with Crippen molar-refractivity contribution >= 4 is 17.7 Å². The average Bonchev–Trinajstić information content (AvgIpc) is 2.27. The number of halogens is 1. The topological polar surface area (TPSA) is 37.3 Å². The second-order valence-electron chi connectivity index (χ2n) is 3.50. The zero-order chi connectivity index (χ0) is 12.1. The highest BCUT2D eigenvalue weighted by molar-refractivity contribution is 8.00. The summed E-state index contributed by atoms with van der Waals surface area (Å²) < 4.78 is 13.1. The Morgan fingerprint density at radius 2 is 2.06 bits per heavy atom. The minimum Gasteiger partial charge on any atom is -0.478 e. The van der Waals surface area contributed by atoms with Crippen molar-refractivity contribution in [3.05, 3.63) is 29.6 Å². The van der Waals surface area contributed by atoms with Gasteiger partial charge >= 0.3 is 5.97 Å². The second kappa shape index (κ2) is 5.89. The second-order valence-corrected chi connectivity index (χ2v) is 4.88. The molecule has 0 bridgehead atoms. The Balaban J connectivity index is 2.90. The van der Waals surface area contributed by atoms with Crippen LogP contribution >= 0.6 is 11.8 Å². The summed E-state index contributed by atoms with van der Waals surface area (Å²) in [6, 6.07) is 4.25. The lowest BCUT2D eigenvalue weighted by atomic mass is 10.2. The van der Waals surface area contributed by atoms with E-state index in [1.807, 2.05) is 0 Å². The Hall–Kier alpha value is -1.03. The fraction of sp³-hybridized carbons (Fsp3) is 0.417. The number of hydrogen-bond acceptors (Lipinski definition) is 2. The lowest BCUT2D eigenvalue weighted by Crippen LogP contribution is -2.02. The highest BCUT2D eigenvalue weighted by atomic mass is 32.2.